The molecule has 1 unspecified atom stereocenters. The molecule has 0 fully saturated rings. The summed E-state index contributed by atoms with van der Waals surface area (Å²) in [7, 11) is 0. The highest BCUT2D eigenvalue weighted by atomic mass is 35.5. The third kappa shape index (κ3) is 1.68. The van der Waals surface area contributed by atoms with Crippen molar-refractivity contribution in [1.82, 2.24) is 5.32 Å². The lowest BCUT2D eigenvalue weighted by molar-refractivity contribution is 0.256. The Morgan fingerprint density at radius 3 is 3.00 bits per heavy atom. The van der Waals surface area contributed by atoms with Gasteiger partial charge in [0.25, 0.3) is 0 Å². The van der Waals surface area contributed by atoms with Gasteiger partial charge in [0.05, 0.1) is 6.04 Å². The largest absolute Gasteiger partial charge is 0.336 e. The average molecular weight is 196 g/mol. The Balaban J connectivity index is 2.23. The fourth-order valence-corrected chi connectivity index (χ4v) is 1.98. The minimum absolute atomic E-state index is 0.112. The second-order valence-electron chi connectivity index (χ2n) is 3.21. The molecule has 2 nitrogen and oxygen atoms in total. The van der Waals surface area contributed by atoms with E-state index < -0.39 is 5.37 Å². The number of carbonyl (C=O) groups excluding carboxylic acids is 1. The number of rotatable bonds is 1. The molecule has 0 aromatic heterocycles. The zero-order valence-corrected chi connectivity index (χ0v) is 7.84. The molecule has 0 radical (unpaired) electrons. The molecule has 1 aromatic carbocycles. The minimum Gasteiger partial charge on any atom is -0.336 e. The summed E-state index contributed by atoms with van der Waals surface area (Å²) in [4.78, 5) is 10.7. The number of carbonyl (C=O) groups is 1. The van der Waals surface area contributed by atoms with Gasteiger partial charge in [-0.15, -0.1) is 0 Å². The van der Waals surface area contributed by atoms with Crippen LogP contribution in [0.5, 0.6) is 0 Å². The van der Waals surface area contributed by atoms with Crippen molar-refractivity contribution in [2.45, 2.75) is 18.9 Å². The van der Waals surface area contributed by atoms with Crippen LogP contribution in [0.3, 0.4) is 0 Å². The van der Waals surface area contributed by atoms with E-state index >= 15 is 0 Å². The van der Waals surface area contributed by atoms with Crippen LogP contribution in [0.25, 0.3) is 0 Å². The maximum absolute atomic E-state index is 10.7. The quantitative estimate of drug-likeness (QED) is 0.542. The van der Waals surface area contributed by atoms with Gasteiger partial charge in [0.2, 0.25) is 0 Å². The van der Waals surface area contributed by atoms with Gasteiger partial charge >= 0.3 is 5.37 Å². The number of aryl methyl sites for hydroxylation is 1. The summed E-state index contributed by atoms with van der Waals surface area (Å²) in [5.74, 6) is 0. The zero-order valence-electron chi connectivity index (χ0n) is 7.09. The lowest BCUT2D eigenvalue weighted by Crippen LogP contribution is -2.21. The SMILES string of the molecule is O=C(Cl)NC1CCc2ccccc21. The first kappa shape index (κ1) is 8.57. The lowest BCUT2D eigenvalue weighted by atomic mass is 10.1. The van der Waals surface area contributed by atoms with Gasteiger partial charge in [-0.25, -0.2) is 0 Å². The maximum atomic E-state index is 10.7. The van der Waals surface area contributed by atoms with Crippen LogP contribution in [0.2, 0.25) is 0 Å². The number of hydrogen-bond donors (Lipinski definition) is 1. The van der Waals surface area contributed by atoms with Gasteiger partial charge in [0.1, 0.15) is 0 Å². The summed E-state index contributed by atoms with van der Waals surface area (Å²) in [5, 5.41) is 2.25. The molecule has 0 bridgehead atoms. The summed E-state index contributed by atoms with van der Waals surface area (Å²) in [6.45, 7) is 0. The Bertz CT molecular complexity index is 337. The minimum atomic E-state index is -0.471. The Morgan fingerprint density at radius 1 is 1.46 bits per heavy atom. The fraction of sp³-hybridized carbons (Fsp3) is 0.300. The molecule has 1 aliphatic carbocycles. The summed E-state index contributed by atoms with van der Waals surface area (Å²) in [6.07, 6.45) is 1.98. The lowest BCUT2D eigenvalue weighted by Gasteiger charge is -2.10. The molecular weight excluding hydrogens is 186 g/mol. The molecule has 0 spiro atoms. The van der Waals surface area contributed by atoms with E-state index in [0.29, 0.717) is 0 Å². The van der Waals surface area contributed by atoms with Gasteiger partial charge in [0.15, 0.2) is 0 Å². The molecule has 0 saturated heterocycles. The predicted octanol–water partition coefficient (Wildman–Crippen LogP) is 2.62. The molecule has 1 atom stereocenters. The first-order chi connectivity index (χ1) is 6.27. The molecule has 1 aromatic rings. The Hall–Kier alpha value is -1.02. The van der Waals surface area contributed by atoms with E-state index in [1.165, 1.54) is 11.1 Å². The summed E-state index contributed by atoms with van der Waals surface area (Å²) in [5.41, 5.74) is 2.52. The molecule has 2 rings (SSSR count). The standard InChI is InChI=1S/C10H10ClNO/c11-10(13)12-9-6-5-7-3-1-2-4-8(7)9/h1-4,9H,5-6H2,(H,12,13). The van der Waals surface area contributed by atoms with E-state index in [4.69, 9.17) is 11.6 Å². The Kier molecular flexibility index (Phi) is 2.23. The van der Waals surface area contributed by atoms with Crippen LogP contribution in [0.4, 0.5) is 4.79 Å². The normalized spacial score (nSPS) is 19.6. The van der Waals surface area contributed by atoms with Crippen molar-refractivity contribution in [3.05, 3.63) is 35.4 Å². The average Bonchev–Trinajstić information content (AvgIpc) is 2.48. The number of hydrogen-bond acceptors (Lipinski definition) is 1. The smallest absolute Gasteiger partial charge is 0.314 e. The van der Waals surface area contributed by atoms with E-state index in [1.807, 2.05) is 18.2 Å². The van der Waals surface area contributed by atoms with Crippen molar-refractivity contribution in [2.75, 3.05) is 0 Å². The molecule has 0 saturated carbocycles. The molecule has 13 heavy (non-hydrogen) atoms. The molecule has 68 valence electrons. The van der Waals surface area contributed by atoms with Gasteiger partial charge < -0.3 is 5.32 Å². The van der Waals surface area contributed by atoms with Crippen molar-refractivity contribution >= 4 is 17.0 Å². The van der Waals surface area contributed by atoms with Crippen molar-refractivity contribution < 1.29 is 4.79 Å². The van der Waals surface area contributed by atoms with Crippen LogP contribution in [-0.2, 0) is 6.42 Å². The van der Waals surface area contributed by atoms with Gasteiger partial charge in [-0.1, -0.05) is 24.3 Å². The van der Waals surface area contributed by atoms with E-state index in [2.05, 4.69) is 11.4 Å². The Morgan fingerprint density at radius 2 is 2.23 bits per heavy atom. The van der Waals surface area contributed by atoms with Crippen LogP contribution in [0, 0.1) is 0 Å². The van der Waals surface area contributed by atoms with Crippen LogP contribution in [-0.4, -0.2) is 5.37 Å². The van der Waals surface area contributed by atoms with Gasteiger partial charge in [-0.3, -0.25) is 4.79 Å². The molecule has 0 aliphatic heterocycles. The predicted molar refractivity (Wildman–Crippen MR) is 51.9 cm³/mol. The zero-order chi connectivity index (χ0) is 9.26. The topological polar surface area (TPSA) is 29.1 Å². The summed E-state index contributed by atoms with van der Waals surface area (Å²) in [6, 6.07) is 8.25. The fourth-order valence-electron chi connectivity index (χ4n) is 1.84. The van der Waals surface area contributed by atoms with Crippen molar-refractivity contribution in [3.63, 3.8) is 0 Å². The van der Waals surface area contributed by atoms with E-state index in [0.717, 1.165) is 12.8 Å². The Labute approximate surface area is 81.9 Å². The number of benzene rings is 1. The summed E-state index contributed by atoms with van der Waals surface area (Å²) >= 11 is 5.27. The molecule has 0 heterocycles. The second kappa shape index (κ2) is 3.38. The van der Waals surface area contributed by atoms with Crippen molar-refractivity contribution in [1.29, 1.82) is 0 Å². The maximum Gasteiger partial charge on any atom is 0.314 e. The molecule has 1 N–H and O–H groups in total. The van der Waals surface area contributed by atoms with Crippen molar-refractivity contribution in [3.8, 4) is 0 Å². The van der Waals surface area contributed by atoms with Crippen LogP contribution >= 0.6 is 11.6 Å². The molecular formula is C10H10ClNO. The van der Waals surface area contributed by atoms with Crippen LogP contribution < -0.4 is 5.32 Å². The first-order valence-corrected chi connectivity index (χ1v) is 4.69. The van der Waals surface area contributed by atoms with E-state index in [-0.39, 0.29) is 6.04 Å². The van der Waals surface area contributed by atoms with Crippen LogP contribution in [0.15, 0.2) is 24.3 Å². The van der Waals surface area contributed by atoms with Gasteiger partial charge in [-0.2, -0.15) is 0 Å². The highest BCUT2D eigenvalue weighted by Crippen LogP contribution is 2.30. The monoisotopic (exact) mass is 195 g/mol. The highest BCUT2D eigenvalue weighted by Gasteiger charge is 2.22. The number of amides is 1. The van der Waals surface area contributed by atoms with E-state index in [9.17, 15) is 4.79 Å². The molecule has 1 amide bonds. The van der Waals surface area contributed by atoms with E-state index in [1.54, 1.807) is 0 Å². The second-order valence-corrected chi connectivity index (χ2v) is 3.55. The number of fused-ring (bicyclic) bond motifs is 1. The van der Waals surface area contributed by atoms with Gasteiger partial charge in [0, 0.05) is 0 Å². The molecule has 1 aliphatic rings. The van der Waals surface area contributed by atoms with Gasteiger partial charge in [-0.05, 0) is 35.6 Å². The first-order valence-electron chi connectivity index (χ1n) is 4.31. The third-order valence-corrected chi connectivity index (χ3v) is 2.53. The van der Waals surface area contributed by atoms with Crippen molar-refractivity contribution in [2.24, 2.45) is 0 Å². The number of halogens is 1. The van der Waals surface area contributed by atoms with Crippen LogP contribution in [0.1, 0.15) is 23.6 Å². The third-order valence-electron chi connectivity index (χ3n) is 2.42. The highest BCUT2D eigenvalue weighted by molar-refractivity contribution is 6.62. The number of nitrogens with one attached hydrogen (secondary N) is 1. The summed E-state index contributed by atoms with van der Waals surface area (Å²) < 4.78 is 0. The molecule has 3 heteroatoms.